The van der Waals surface area contributed by atoms with Crippen LogP contribution in [0.25, 0.3) is 0 Å². The number of guanidine groups is 1. The van der Waals surface area contributed by atoms with Crippen molar-refractivity contribution in [3.8, 4) is 17.6 Å². The van der Waals surface area contributed by atoms with Gasteiger partial charge in [0.1, 0.15) is 5.75 Å². The molecule has 5 heteroatoms. The Labute approximate surface area is 139 Å². The summed E-state index contributed by atoms with van der Waals surface area (Å²) in [6.45, 7) is 7.33. The van der Waals surface area contributed by atoms with Crippen molar-refractivity contribution in [2.75, 3.05) is 33.4 Å². The fraction of sp³-hybridized carbons (Fsp3) is 0.500. The third-order valence-electron chi connectivity index (χ3n) is 3.06. The minimum Gasteiger partial charge on any atom is -0.497 e. The van der Waals surface area contributed by atoms with Gasteiger partial charge in [0.25, 0.3) is 0 Å². The lowest BCUT2D eigenvalue weighted by Gasteiger charge is -2.11. The first-order chi connectivity index (χ1) is 11.3. The minimum absolute atomic E-state index is 0.580. The van der Waals surface area contributed by atoms with Crippen LogP contribution in [0.5, 0.6) is 5.75 Å². The quantitative estimate of drug-likeness (QED) is 0.317. The van der Waals surface area contributed by atoms with Crippen molar-refractivity contribution in [2.24, 2.45) is 4.99 Å². The molecule has 0 unspecified atom stereocenters. The molecule has 0 bridgehead atoms. The average molecular weight is 317 g/mol. The number of rotatable bonds is 9. The van der Waals surface area contributed by atoms with Crippen LogP contribution >= 0.6 is 0 Å². The molecule has 1 aromatic carbocycles. The topological polar surface area (TPSA) is 54.9 Å². The summed E-state index contributed by atoms with van der Waals surface area (Å²) in [5, 5.41) is 6.50. The second kappa shape index (κ2) is 12.4. The highest BCUT2D eigenvalue weighted by Gasteiger charge is 1.98. The Bertz CT molecular complexity index is 515. The maximum absolute atomic E-state index is 5.33. The molecule has 0 amide bonds. The smallest absolute Gasteiger partial charge is 0.192 e. The first-order valence-electron chi connectivity index (χ1n) is 7.92. The van der Waals surface area contributed by atoms with E-state index in [0.29, 0.717) is 13.1 Å². The molecule has 0 radical (unpaired) electrons. The fourth-order valence-electron chi connectivity index (χ4n) is 1.82. The Morgan fingerprint density at radius 1 is 1.22 bits per heavy atom. The molecule has 0 saturated heterocycles. The molecule has 0 aliphatic heterocycles. The largest absolute Gasteiger partial charge is 0.497 e. The molecular weight excluding hydrogens is 290 g/mol. The fourth-order valence-corrected chi connectivity index (χ4v) is 1.82. The van der Waals surface area contributed by atoms with Crippen LogP contribution in [0.2, 0.25) is 0 Å². The van der Waals surface area contributed by atoms with Crippen LogP contribution in [0.1, 0.15) is 25.8 Å². The summed E-state index contributed by atoms with van der Waals surface area (Å²) in [5.74, 6) is 7.46. The summed E-state index contributed by atoms with van der Waals surface area (Å²) in [6, 6.07) is 7.91. The second-order valence-corrected chi connectivity index (χ2v) is 4.77. The number of nitrogens with one attached hydrogen (secondary N) is 2. The molecule has 1 aromatic rings. The number of hydrogen-bond acceptors (Lipinski definition) is 3. The molecule has 0 spiro atoms. The molecule has 0 heterocycles. The zero-order valence-electron chi connectivity index (χ0n) is 14.3. The van der Waals surface area contributed by atoms with Gasteiger partial charge in [0, 0.05) is 19.8 Å². The van der Waals surface area contributed by atoms with Crippen molar-refractivity contribution in [1.29, 1.82) is 0 Å². The Balaban J connectivity index is 2.51. The van der Waals surface area contributed by atoms with E-state index in [1.807, 2.05) is 38.1 Å². The normalized spacial score (nSPS) is 10.7. The number of ether oxygens (including phenoxy) is 2. The molecule has 0 saturated carbocycles. The molecular formula is C18H27N3O2. The third-order valence-corrected chi connectivity index (χ3v) is 3.06. The van der Waals surface area contributed by atoms with Crippen molar-refractivity contribution in [3.63, 3.8) is 0 Å². The van der Waals surface area contributed by atoms with Crippen molar-refractivity contribution < 1.29 is 9.47 Å². The first-order valence-corrected chi connectivity index (χ1v) is 7.92. The summed E-state index contributed by atoms with van der Waals surface area (Å²) in [5.41, 5.74) is 1.13. The summed E-state index contributed by atoms with van der Waals surface area (Å²) in [6.07, 6.45) is 0.941. The number of methoxy groups -OCH3 is 1. The second-order valence-electron chi connectivity index (χ2n) is 4.77. The number of nitrogens with zero attached hydrogens (tertiary/aromatic N) is 1. The summed E-state index contributed by atoms with van der Waals surface area (Å²) >= 11 is 0. The Hall–Kier alpha value is -2.19. The van der Waals surface area contributed by atoms with Crippen LogP contribution in [0.15, 0.2) is 29.3 Å². The molecule has 1 rings (SSSR count). The van der Waals surface area contributed by atoms with E-state index in [1.165, 1.54) is 0 Å². The predicted octanol–water partition coefficient (Wildman–Crippen LogP) is 2.18. The molecule has 0 aliphatic rings. The van der Waals surface area contributed by atoms with Gasteiger partial charge in [0.15, 0.2) is 5.96 Å². The van der Waals surface area contributed by atoms with Gasteiger partial charge in [-0.1, -0.05) is 18.1 Å². The lowest BCUT2D eigenvalue weighted by Crippen LogP contribution is -2.38. The van der Waals surface area contributed by atoms with E-state index in [4.69, 9.17) is 9.47 Å². The van der Waals surface area contributed by atoms with E-state index in [0.717, 1.165) is 43.5 Å². The average Bonchev–Trinajstić information content (AvgIpc) is 2.59. The molecule has 0 aromatic heterocycles. The molecule has 0 fully saturated rings. The molecule has 0 atom stereocenters. The van der Waals surface area contributed by atoms with E-state index in [2.05, 4.69) is 27.5 Å². The van der Waals surface area contributed by atoms with Gasteiger partial charge in [-0.25, -0.2) is 4.99 Å². The monoisotopic (exact) mass is 317 g/mol. The van der Waals surface area contributed by atoms with Crippen LogP contribution in [0.4, 0.5) is 0 Å². The Morgan fingerprint density at radius 3 is 2.65 bits per heavy atom. The van der Waals surface area contributed by atoms with Gasteiger partial charge in [-0.3, -0.25) is 0 Å². The van der Waals surface area contributed by atoms with E-state index < -0.39 is 0 Å². The lowest BCUT2D eigenvalue weighted by atomic mass is 10.2. The van der Waals surface area contributed by atoms with Crippen LogP contribution in [-0.4, -0.2) is 39.4 Å². The summed E-state index contributed by atoms with van der Waals surface area (Å²) in [7, 11) is 1.66. The molecule has 126 valence electrons. The summed E-state index contributed by atoms with van der Waals surface area (Å²) < 4.78 is 10.5. The highest BCUT2D eigenvalue weighted by molar-refractivity contribution is 5.80. The van der Waals surface area contributed by atoms with E-state index in [-0.39, 0.29) is 0 Å². The molecule has 23 heavy (non-hydrogen) atoms. The zero-order valence-corrected chi connectivity index (χ0v) is 14.3. The van der Waals surface area contributed by atoms with Gasteiger partial charge in [-0.05, 0) is 38.0 Å². The highest BCUT2D eigenvalue weighted by atomic mass is 16.5. The lowest BCUT2D eigenvalue weighted by molar-refractivity contribution is 0.145. The van der Waals surface area contributed by atoms with Gasteiger partial charge < -0.3 is 20.1 Å². The standard InChI is InChI=1S/C18H27N3O2/c1-4-6-12-19-18(20-13-7-14-23-5-2)21-15-16-8-10-17(22-3)11-9-16/h8-11H,5,7,12-15H2,1-3H3,(H2,19,20,21). The van der Waals surface area contributed by atoms with Crippen LogP contribution in [0.3, 0.4) is 0 Å². The molecule has 0 aliphatic carbocycles. The highest BCUT2D eigenvalue weighted by Crippen LogP contribution is 2.11. The van der Waals surface area contributed by atoms with Crippen LogP contribution in [0, 0.1) is 11.8 Å². The van der Waals surface area contributed by atoms with E-state index >= 15 is 0 Å². The maximum atomic E-state index is 5.33. The summed E-state index contributed by atoms with van der Waals surface area (Å²) in [4.78, 5) is 4.58. The van der Waals surface area contributed by atoms with Gasteiger partial charge in [-0.2, -0.15) is 0 Å². The number of aliphatic imine (C=N–C) groups is 1. The van der Waals surface area contributed by atoms with Crippen molar-refractivity contribution >= 4 is 5.96 Å². The number of benzene rings is 1. The predicted molar refractivity (Wildman–Crippen MR) is 94.7 cm³/mol. The Morgan fingerprint density at radius 2 is 2.00 bits per heavy atom. The van der Waals surface area contributed by atoms with Gasteiger partial charge in [-0.15, -0.1) is 5.92 Å². The zero-order chi connectivity index (χ0) is 16.8. The van der Waals surface area contributed by atoms with Crippen molar-refractivity contribution in [1.82, 2.24) is 10.6 Å². The number of hydrogen-bond donors (Lipinski definition) is 2. The van der Waals surface area contributed by atoms with Crippen molar-refractivity contribution in [2.45, 2.75) is 26.8 Å². The van der Waals surface area contributed by atoms with E-state index in [9.17, 15) is 0 Å². The molecule has 5 nitrogen and oxygen atoms in total. The molecule has 2 N–H and O–H groups in total. The van der Waals surface area contributed by atoms with E-state index in [1.54, 1.807) is 7.11 Å². The maximum Gasteiger partial charge on any atom is 0.192 e. The third kappa shape index (κ3) is 8.74. The van der Waals surface area contributed by atoms with Gasteiger partial charge in [0.05, 0.1) is 20.2 Å². The van der Waals surface area contributed by atoms with Crippen LogP contribution < -0.4 is 15.4 Å². The van der Waals surface area contributed by atoms with Crippen LogP contribution in [-0.2, 0) is 11.3 Å². The van der Waals surface area contributed by atoms with Gasteiger partial charge in [0.2, 0.25) is 0 Å². The van der Waals surface area contributed by atoms with Gasteiger partial charge >= 0.3 is 0 Å². The van der Waals surface area contributed by atoms with Crippen molar-refractivity contribution in [3.05, 3.63) is 29.8 Å². The minimum atomic E-state index is 0.580. The first kappa shape index (κ1) is 18.9. The SMILES string of the molecule is CC#CCNC(=NCc1ccc(OC)cc1)NCCCOCC. The Kier molecular flexibility index (Phi) is 10.1.